The molecular weight excluding hydrogens is 304 g/mol. The number of methoxy groups -OCH3 is 2. The fourth-order valence-corrected chi connectivity index (χ4v) is 4.01. The zero-order valence-electron chi connectivity index (χ0n) is 14.8. The molecule has 1 atom stereocenters. The van der Waals surface area contributed by atoms with Crippen LogP contribution in [-0.2, 0) is 11.2 Å². The van der Waals surface area contributed by atoms with Crippen LogP contribution in [0.2, 0.25) is 0 Å². The number of rotatable bonds is 5. The zero-order chi connectivity index (χ0) is 17.0. The minimum Gasteiger partial charge on any atom is -0.493 e. The van der Waals surface area contributed by atoms with Gasteiger partial charge in [-0.05, 0) is 49.9 Å². The van der Waals surface area contributed by atoms with Crippen LogP contribution in [0.25, 0.3) is 0 Å². The monoisotopic (exact) mass is 332 g/mol. The summed E-state index contributed by atoms with van der Waals surface area (Å²) in [5.74, 6) is 1.71. The van der Waals surface area contributed by atoms with Gasteiger partial charge in [0.05, 0.1) is 14.2 Å². The smallest absolute Gasteiger partial charge is 0.222 e. The van der Waals surface area contributed by atoms with E-state index in [4.69, 9.17) is 9.47 Å². The van der Waals surface area contributed by atoms with Crippen molar-refractivity contribution in [3.05, 3.63) is 23.8 Å². The van der Waals surface area contributed by atoms with Crippen LogP contribution < -0.4 is 14.8 Å². The zero-order valence-corrected chi connectivity index (χ0v) is 14.8. The largest absolute Gasteiger partial charge is 0.493 e. The number of benzene rings is 1. The summed E-state index contributed by atoms with van der Waals surface area (Å²) in [5.41, 5.74) is 1.44. The maximum Gasteiger partial charge on any atom is 0.222 e. The van der Waals surface area contributed by atoms with Crippen LogP contribution in [0.15, 0.2) is 18.2 Å². The molecule has 2 aliphatic rings. The Labute approximate surface area is 144 Å². The number of ether oxygens (including phenoxy) is 2. The lowest BCUT2D eigenvalue weighted by Crippen LogP contribution is -2.47. The maximum absolute atomic E-state index is 12.6. The van der Waals surface area contributed by atoms with Gasteiger partial charge in [0.2, 0.25) is 5.91 Å². The first-order valence-electron chi connectivity index (χ1n) is 8.85. The molecular formula is C19H28N2O3. The Bertz CT molecular complexity index is 582. The molecule has 1 aromatic carbocycles. The van der Waals surface area contributed by atoms with Gasteiger partial charge in [-0.1, -0.05) is 6.07 Å². The fraction of sp³-hybridized carbons (Fsp3) is 0.632. The van der Waals surface area contributed by atoms with Gasteiger partial charge in [-0.2, -0.15) is 0 Å². The van der Waals surface area contributed by atoms with Crippen LogP contribution in [0.3, 0.4) is 0 Å². The minimum atomic E-state index is 0.274. The molecule has 2 heterocycles. The molecule has 3 rings (SSSR count). The number of nitrogens with one attached hydrogen (secondary N) is 1. The second kappa shape index (κ2) is 7.43. The molecule has 0 saturated carbocycles. The average molecular weight is 332 g/mol. The van der Waals surface area contributed by atoms with E-state index in [1.54, 1.807) is 14.2 Å². The molecule has 24 heavy (non-hydrogen) atoms. The van der Waals surface area contributed by atoms with Gasteiger partial charge in [0.15, 0.2) is 11.5 Å². The van der Waals surface area contributed by atoms with E-state index in [1.807, 2.05) is 18.2 Å². The van der Waals surface area contributed by atoms with Crippen molar-refractivity contribution in [1.82, 2.24) is 10.2 Å². The van der Waals surface area contributed by atoms with Gasteiger partial charge in [0.25, 0.3) is 0 Å². The number of carbonyl (C=O) groups is 1. The molecule has 2 saturated heterocycles. The fourth-order valence-electron chi connectivity index (χ4n) is 4.01. The number of aryl methyl sites for hydroxylation is 1. The molecule has 2 aliphatic heterocycles. The van der Waals surface area contributed by atoms with Crippen LogP contribution in [0.5, 0.6) is 11.5 Å². The quantitative estimate of drug-likeness (QED) is 0.898. The number of hydrogen-bond acceptors (Lipinski definition) is 4. The highest BCUT2D eigenvalue weighted by atomic mass is 16.5. The predicted molar refractivity (Wildman–Crippen MR) is 93.6 cm³/mol. The first-order valence-corrected chi connectivity index (χ1v) is 8.85. The van der Waals surface area contributed by atoms with E-state index in [-0.39, 0.29) is 5.91 Å². The SMILES string of the molecule is COc1ccc(CCC(=O)N2CCCC3(CCNC3)C2)cc1OC. The second-order valence-electron chi connectivity index (χ2n) is 7.03. The number of hydrogen-bond donors (Lipinski definition) is 1. The van der Waals surface area contributed by atoms with Crippen LogP contribution in [0.1, 0.15) is 31.2 Å². The summed E-state index contributed by atoms with van der Waals surface area (Å²) in [7, 11) is 3.26. The van der Waals surface area contributed by atoms with Gasteiger partial charge < -0.3 is 19.7 Å². The average Bonchev–Trinajstić information content (AvgIpc) is 3.06. The first kappa shape index (κ1) is 17.1. The molecule has 0 aromatic heterocycles. The highest BCUT2D eigenvalue weighted by Gasteiger charge is 2.39. The van der Waals surface area contributed by atoms with Gasteiger partial charge >= 0.3 is 0 Å². The molecule has 5 nitrogen and oxygen atoms in total. The Hall–Kier alpha value is -1.75. The number of likely N-dealkylation sites (tertiary alicyclic amines) is 1. The van der Waals surface area contributed by atoms with E-state index >= 15 is 0 Å². The summed E-state index contributed by atoms with van der Waals surface area (Å²) in [6, 6.07) is 5.87. The van der Waals surface area contributed by atoms with Crippen molar-refractivity contribution in [2.24, 2.45) is 5.41 Å². The molecule has 1 spiro atoms. The van der Waals surface area contributed by atoms with Crippen LogP contribution in [-0.4, -0.2) is 51.2 Å². The van der Waals surface area contributed by atoms with E-state index in [0.29, 0.717) is 11.8 Å². The molecule has 0 aliphatic carbocycles. The van der Waals surface area contributed by atoms with E-state index in [9.17, 15) is 4.79 Å². The van der Waals surface area contributed by atoms with E-state index < -0.39 is 0 Å². The lowest BCUT2D eigenvalue weighted by molar-refractivity contribution is -0.134. The van der Waals surface area contributed by atoms with Crippen molar-refractivity contribution >= 4 is 5.91 Å². The third kappa shape index (κ3) is 3.66. The molecule has 0 bridgehead atoms. The van der Waals surface area contributed by atoms with Crippen LogP contribution in [0, 0.1) is 5.41 Å². The Morgan fingerprint density at radius 1 is 1.25 bits per heavy atom. The summed E-state index contributed by atoms with van der Waals surface area (Å²) in [4.78, 5) is 14.7. The molecule has 1 unspecified atom stereocenters. The Morgan fingerprint density at radius 2 is 2.08 bits per heavy atom. The van der Waals surface area contributed by atoms with Crippen molar-refractivity contribution in [2.75, 3.05) is 40.4 Å². The normalized spacial score (nSPS) is 23.5. The third-order valence-electron chi connectivity index (χ3n) is 5.42. The first-order chi connectivity index (χ1) is 11.7. The van der Waals surface area contributed by atoms with Gasteiger partial charge in [0, 0.05) is 31.5 Å². The highest BCUT2D eigenvalue weighted by Crippen LogP contribution is 2.35. The summed E-state index contributed by atoms with van der Waals surface area (Å²) >= 11 is 0. The minimum absolute atomic E-state index is 0.274. The van der Waals surface area contributed by atoms with Crippen molar-refractivity contribution < 1.29 is 14.3 Å². The van der Waals surface area contributed by atoms with Gasteiger partial charge in [-0.15, -0.1) is 0 Å². The number of amides is 1. The van der Waals surface area contributed by atoms with Crippen LogP contribution >= 0.6 is 0 Å². The van der Waals surface area contributed by atoms with E-state index in [1.165, 1.54) is 12.8 Å². The van der Waals surface area contributed by atoms with Crippen molar-refractivity contribution in [3.63, 3.8) is 0 Å². The molecule has 1 amide bonds. The summed E-state index contributed by atoms with van der Waals surface area (Å²) in [6.07, 6.45) is 4.87. The van der Waals surface area contributed by atoms with E-state index in [0.717, 1.165) is 56.1 Å². The van der Waals surface area contributed by atoms with Crippen molar-refractivity contribution in [1.29, 1.82) is 0 Å². The van der Waals surface area contributed by atoms with Gasteiger partial charge in [0.1, 0.15) is 0 Å². The standard InChI is InChI=1S/C19H28N2O3/c1-23-16-6-4-15(12-17(16)24-2)5-7-18(22)21-11-3-8-19(14-21)9-10-20-13-19/h4,6,12,20H,3,5,7-11,13-14H2,1-2H3. The van der Waals surface area contributed by atoms with Crippen molar-refractivity contribution in [3.8, 4) is 11.5 Å². The molecule has 5 heteroatoms. The molecule has 2 fully saturated rings. The molecule has 1 aromatic rings. The molecule has 132 valence electrons. The molecule has 1 N–H and O–H groups in total. The second-order valence-corrected chi connectivity index (χ2v) is 7.03. The molecule has 0 radical (unpaired) electrons. The summed E-state index contributed by atoms with van der Waals surface area (Å²) < 4.78 is 10.6. The van der Waals surface area contributed by atoms with Gasteiger partial charge in [-0.3, -0.25) is 4.79 Å². The number of carbonyl (C=O) groups excluding carboxylic acids is 1. The number of nitrogens with zero attached hydrogens (tertiary/aromatic N) is 1. The van der Waals surface area contributed by atoms with Crippen LogP contribution in [0.4, 0.5) is 0 Å². The highest BCUT2D eigenvalue weighted by molar-refractivity contribution is 5.76. The Kier molecular flexibility index (Phi) is 5.29. The topological polar surface area (TPSA) is 50.8 Å². The van der Waals surface area contributed by atoms with Crippen molar-refractivity contribution in [2.45, 2.75) is 32.1 Å². The third-order valence-corrected chi connectivity index (χ3v) is 5.42. The van der Waals surface area contributed by atoms with E-state index in [2.05, 4.69) is 10.2 Å². The van der Waals surface area contributed by atoms with Gasteiger partial charge in [-0.25, -0.2) is 0 Å². The summed E-state index contributed by atoms with van der Waals surface area (Å²) in [6.45, 7) is 3.98. The lowest BCUT2D eigenvalue weighted by Gasteiger charge is -2.40. The Balaban J connectivity index is 1.57. The summed E-state index contributed by atoms with van der Waals surface area (Å²) in [5, 5.41) is 3.46. The Morgan fingerprint density at radius 3 is 2.79 bits per heavy atom. The lowest BCUT2D eigenvalue weighted by atomic mass is 9.79. The maximum atomic E-state index is 12.6. The number of piperidine rings is 1. The predicted octanol–water partition coefficient (Wildman–Crippen LogP) is 2.24.